The van der Waals surface area contributed by atoms with E-state index in [1.807, 2.05) is 36.4 Å². The van der Waals surface area contributed by atoms with Crippen molar-refractivity contribution in [3.63, 3.8) is 0 Å². The summed E-state index contributed by atoms with van der Waals surface area (Å²) >= 11 is 6.17. The molecule has 36 heavy (non-hydrogen) atoms. The maximum absolute atomic E-state index is 13.2. The van der Waals surface area contributed by atoms with Crippen molar-refractivity contribution in [3.8, 4) is 34.3 Å². The first kappa shape index (κ1) is 22.5. The molecule has 0 radical (unpaired) electrons. The highest BCUT2D eigenvalue weighted by molar-refractivity contribution is 6.30. The van der Waals surface area contributed by atoms with Crippen molar-refractivity contribution in [3.05, 3.63) is 76.4 Å². The lowest BCUT2D eigenvalue weighted by atomic mass is 9.82. The molecule has 2 N–H and O–H groups in total. The number of methoxy groups -OCH3 is 2. The molecule has 3 aromatic carbocycles. The van der Waals surface area contributed by atoms with Gasteiger partial charge in [-0.15, -0.1) is 0 Å². The zero-order valence-corrected chi connectivity index (χ0v) is 20.6. The number of nitrogens with zero attached hydrogens (tertiary/aromatic N) is 1. The molecular formula is C28H24ClN2O5+. The van der Waals surface area contributed by atoms with E-state index in [0.717, 1.165) is 50.9 Å². The van der Waals surface area contributed by atoms with Gasteiger partial charge in [0.25, 0.3) is 0 Å². The fourth-order valence-corrected chi connectivity index (χ4v) is 5.49. The molecule has 1 atom stereocenters. The van der Waals surface area contributed by atoms with E-state index in [1.54, 1.807) is 26.4 Å². The highest BCUT2D eigenvalue weighted by atomic mass is 35.5. The van der Waals surface area contributed by atoms with Crippen molar-refractivity contribution in [1.82, 2.24) is 0 Å². The zero-order chi connectivity index (χ0) is 25.0. The first-order chi connectivity index (χ1) is 17.5. The van der Waals surface area contributed by atoms with E-state index in [4.69, 9.17) is 36.3 Å². The summed E-state index contributed by atoms with van der Waals surface area (Å²) in [6, 6.07) is 15.1. The number of benzene rings is 3. The Bertz CT molecular complexity index is 1530. The maximum atomic E-state index is 13.2. The number of halogens is 1. The summed E-state index contributed by atoms with van der Waals surface area (Å²) in [4.78, 5) is 13.2. The van der Waals surface area contributed by atoms with Crippen LogP contribution < -0.4 is 29.2 Å². The van der Waals surface area contributed by atoms with Gasteiger partial charge in [-0.1, -0.05) is 23.7 Å². The molecule has 0 fully saturated rings. The lowest BCUT2D eigenvalue weighted by Gasteiger charge is -2.24. The predicted molar refractivity (Wildman–Crippen MR) is 135 cm³/mol. The third-order valence-corrected chi connectivity index (χ3v) is 7.21. The minimum absolute atomic E-state index is 0.189. The molecule has 3 heterocycles. The first-order valence-corrected chi connectivity index (χ1v) is 12.0. The number of pyridine rings is 1. The van der Waals surface area contributed by atoms with Gasteiger partial charge in [0.1, 0.15) is 0 Å². The fraction of sp³-hybridized carbons (Fsp3) is 0.214. The van der Waals surface area contributed by atoms with Gasteiger partial charge in [-0.2, -0.15) is 4.57 Å². The summed E-state index contributed by atoms with van der Waals surface area (Å²) in [7, 11) is 3.22. The fourth-order valence-electron chi connectivity index (χ4n) is 5.37. The second-order valence-corrected chi connectivity index (χ2v) is 9.28. The smallest absolute Gasteiger partial charge is 0.231 e. The number of amides is 1. The molecule has 1 amide bonds. The van der Waals surface area contributed by atoms with Crippen molar-refractivity contribution in [2.45, 2.75) is 18.9 Å². The van der Waals surface area contributed by atoms with Crippen LogP contribution in [0.15, 0.2) is 54.7 Å². The number of ether oxygens (including phenoxy) is 4. The van der Waals surface area contributed by atoms with Crippen LogP contribution in [0.4, 0.5) is 0 Å². The van der Waals surface area contributed by atoms with E-state index in [2.05, 4.69) is 10.8 Å². The Morgan fingerprint density at radius 2 is 1.78 bits per heavy atom. The van der Waals surface area contributed by atoms with Gasteiger partial charge in [0.05, 0.1) is 31.1 Å². The quantitative estimate of drug-likeness (QED) is 0.409. The topological polar surface area (TPSA) is 83.9 Å². The summed E-state index contributed by atoms with van der Waals surface area (Å²) in [5.41, 5.74) is 10.7. The summed E-state index contributed by atoms with van der Waals surface area (Å²) in [6.07, 6.45) is 2.85. The molecule has 0 aliphatic carbocycles. The van der Waals surface area contributed by atoms with Crippen LogP contribution in [0, 0.1) is 0 Å². The largest absolute Gasteiger partial charge is 0.493 e. The number of hydrogen-bond acceptors (Lipinski definition) is 5. The summed E-state index contributed by atoms with van der Waals surface area (Å²) in [5, 5.41) is 2.27. The second-order valence-electron chi connectivity index (χ2n) is 8.85. The van der Waals surface area contributed by atoms with E-state index >= 15 is 0 Å². The van der Waals surface area contributed by atoms with E-state index in [9.17, 15) is 4.79 Å². The minimum atomic E-state index is -0.735. The van der Waals surface area contributed by atoms with Gasteiger partial charge in [0.2, 0.25) is 18.4 Å². The second kappa shape index (κ2) is 8.60. The number of rotatable bonds is 5. The van der Waals surface area contributed by atoms with E-state index in [0.29, 0.717) is 28.8 Å². The van der Waals surface area contributed by atoms with Crippen LogP contribution in [0.25, 0.3) is 22.0 Å². The number of carbonyl (C=O) groups excluding carboxylic acids is 1. The summed E-state index contributed by atoms with van der Waals surface area (Å²) in [5.74, 6) is 1.43. The highest BCUT2D eigenvalue weighted by Gasteiger charge is 2.37. The molecule has 182 valence electrons. The van der Waals surface area contributed by atoms with Gasteiger partial charge >= 0.3 is 0 Å². The molecule has 2 aliphatic heterocycles. The Balaban J connectivity index is 1.74. The molecule has 0 saturated heterocycles. The SMILES string of the molecule is COc1ccc2c(C(C(N)=O)c3ccc(Cl)cc3)c3[n+](cc2c1OC)CCc1cc2c(cc1-3)OCO2. The number of fused-ring (bicyclic) bond motifs is 5. The monoisotopic (exact) mass is 503 g/mol. The molecule has 2 aliphatic rings. The van der Waals surface area contributed by atoms with Gasteiger partial charge in [-0.05, 0) is 47.5 Å². The van der Waals surface area contributed by atoms with E-state index in [1.165, 1.54) is 0 Å². The first-order valence-electron chi connectivity index (χ1n) is 11.6. The van der Waals surface area contributed by atoms with Crippen LogP contribution in [-0.4, -0.2) is 26.9 Å². The summed E-state index contributed by atoms with van der Waals surface area (Å²) < 4.78 is 24.8. The maximum Gasteiger partial charge on any atom is 0.231 e. The molecule has 8 heteroatoms. The zero-order valence-electron chi connectivity index (χ0n) is 19.8. The van der Waals surface area contributed by atoms with E-state index in [-0.39, 0.29) is 6.79 Å². The van der Waals surface area contributed by atoms with Gasteiger partial charge in [-0.25, -0.2) is 0 Å². The van der Waals surface area contributed by atoms with Crippen molar-refractivity contribution >= 4 is 28.3 Å². The number of aromatic nitrogens is 1. The molecule has 7 nitrogen and oxygen atoms in total. The van der Waals surface area contributed by atoms with Gasteiger partial charge in [0, 0.05) is 22.4 Å². The van der Waals surface area contributed by atoms with Crippen molar-refractivity contribution < 1.29 is 28.3 Å². The molecule has 1 aromatic heterocycles. The van der Waals surface area contributed by atoms with Crippen LogP contribution in [0.5, 0.6) is 23.0 Å². The highest BCUT2D eigenvalue weighted by Crippen LogP contribution is 2.46. The Morgan fingerprint density at radius 3 is 2.47 bits per heavy atom. The molecule has 0 saturated carbocycles. The normalized spacial score (nSPS) is 14.2. The molecule has 0 spiro atoms. The van der Waals surface area contributed by atoms with Crippen LogP contribution in [0.2, 0.25) is 5.02 Å². The van der Waals surface area contributed by atoms with E-state index < -0.39 is 11.8 Å². The Morgan fingerprint density at radius 1 is 1.03 bits per heavy atom. The number of aryl methyl sites for hydroxylation is 2. The van der Waals surface area contributed by atoms with Gasteiger partial charge in [-0.3, -0.25) is 4.79 Å². The molecular weight excluding hydrogens is 480 g/mol. The standard InChI is InChI=1S/C28H23ClN2O5/c1-33-21-8-7-18-20(27(21)34-2)13-31-10-9-16-11-22-23(36-14-35-22)12-19(16)26(31)25(18)24(28(30)32)15-3-5-17(29)6-4-15/h3-8,11-13,24H,9-10,14H2,1-2H3,(H-,30,32)/p+1. The Hall–Kier alpha value is -3.97. The lowest BCUT2D eigenvalue weighted by molar-refractivity contribution is -0.686. The number of hydrogen-bond donors (Lipinski definition) is 1. The molecule has 0 bridgehead atoms. The Kier molecular flexibility index (Phi) is 5.38. The van der Waals surface area contributed by atoms with Crippen molar-refractivity contribution in [2.24, 2.45) is 5.73 Å². The van der Waals surface area contributed by atoms with Crippen LogP contribution in [0.1, 0.15) is 22.6 Å². The van der Waals surface area contributed by atoms with Crippen molar-refractivity contribution in [2.75, 3.05) is 21.0 Å². The third kappa shape index (κ3) is 3.42. The predicted octanol–water partition coefficient (Wildman–Crippen LogP) is 4.37. The van der Waals surface area contributed by atoms with Crippen LogP contribution in [0.3, 0.4) is 0 Å². The number of nitrogens with two attached hydrogens (primary N) is 1. The average molecular weight is 504 g/mol. The van der Waals surface area contributed by atoms with Crippen LogP contribution in [-0.2, 0) is 17.8 Å². The van der Waals surface area contributed by atoms with Crippen LogP contribution >= 0.6 is 11.6 Å². The van der Waals surface area contributed by atoms with Gasteiger partial charge in [0.15, 0.2) is 35.7 Å². The number of carbonyl (C=O) groups is 1. The third-order valence-electron chi connectivity index (χ3n) is 6.95. The Labute approximate surface area is 212 Å². The number of primary amides is 1. The molecule has 1 unspecified atom stereocenters. The lowest BCUT2D eigenvalue weighted by Crippen LogP contribution is -2.42. The molecule has 4 aromatic rings. The summed E-state index contributed by atoms with van der Waals surface area (Å²) in [6.45, 7) is 0.895. The van der Waals surface area contributed by atoms with Gasteiger partial charge < -0.3 is 24.7 Å². The average Bonchev–Trinajstić information content (AvgIpc) is 3.34. The molecule has 6 rings (SSSR count). The van der Waals surface area contributed by atoms with Crippen molar-refractivity contribution in [1.29, 1.82) is 0 Å². The minimum Gasteiger partial charge on any atom is -0.493 e.